The molecule has 0 saturated carbocycles. The highest BCUT2D eigenvalue weighted by atomic mass is 19.4. The quantitative estimate of drug-likeness (QED) is 0.853. The summed E-state index contributed by atoms with van der Waals surface area (Å²) in [5.74, 6) is -0.152. The SMILES string of the molecule is C/C(=C/C(=O)N1CC[C@@H](N)C1)c1ccc(C(F)(F)F)cc1. The summed E-state index contributed by atoms with van der Waals surface area (Å²) in [5.41, 5.74) is 6.27. The average molecular weight is 298 g/mol. The summed E-state index contributed by atoms with van der Waals surface area (Å²) in [7, 11) is 0. The van der Waals surface area contributed by atoms with E-state index in [1.807, 2.05) is 0 Å². The number of benzene rings is 1. The largest absolute Gasteiger partial charge is 0.416 e. The number of hydrogen-bond acceptors (Lipinski definition) is 2. The molecule has 1 aromatic rings. The van der Waals surface area contributed by atoms with E-state index in [0.29, 0.717) is 24.2 Å². The van der Waals surface area contributed by atoms with Crippen molar-refractivity contribution < 1.29 is 18.0 Å². The second kappa shape index (κ2) is 5.89. The number of likely N-dealkylation sites (tertiary alicyclic amines) is 1. The summed E-state index contributed by atoms with van der Waals surface area (Å²) in [6.07, 6.45) is -2.13. The smallest absolute Gasteiger partial charge is 0.338 e. The summed E-state index contributed by atoms with van der Waals surface area (Å²) in [4.78, 5) is 13.7. The molecule has 6 heteroatoms. The number of nitrogens with two attached hydrogens (primary N) is 1. The molecule has 1 aliphatic heterocycles. The normalized spacial score (nSPS) is 20.0. The highest BCUT2D eigenvalue weighted by Gasteiger charge is 2.30. The third-order valence-corrected chi connectivity index (χ3v) is 3.54. The fourth-order valence-electron chi connectivity index (χ4n) is 2.27. The van der Waals surface area contributed by atoms with Crippen LogP contribution in [0.2, 0.25) is 0 Å². The molecule has 114 valence electrons. The second-order valence-electron chi connectivity index (χ2n) is 5.24. The molecular formula is C15H17F3N2O. The summed E-state index contributed by atoms with van der Waals surface area (Å²) >= 11 is 0. The van der Waals surface area contributed by atoms with Crippen LogP contribution < -0.4 is 5.73 Å². The van der Waals surface area contributed by atoms with Crippen molar-refractivity contribution in [3.63, 3.8) is 0 Å². The predicted molar refractivity (Wildman–Crippen MR) is 74.3 cm³/mol. The Bertz CT molecular complexity index is 549. The molecule has 0 aliphatic carbocycles. The molecule has 0 unspecified atom stereocenters. The zero-order chi connectivity index (χ0) is 15.6. The molecule has 0 spiro atoms. The molecule has 0 bridgehead atoms. The van der Waals surface area contributed by atoms with Gasteiger partial charge in [-0.1, -0.05) is 12.1 Å². The van der Waals surface area contributed by atoms with Crippen molar-refractivity contribution in [3.8, 4) is 0 Å². The van der Waals surface area contributed by atoms with E-state index >= 15 is 0 Å². The van der Waals surface area contributed by atoms with E-state index in [2.05, 4.69) is 0 Å². The van der Waals surface area contributed by atoms with Crippen molar-refractivity contribution in [1.82, 2.24) is 4.90 Å². The van der Waals surface area contributed by atoms with Gasteiger partial charge in [0.25, 0.3) is 0 Å². The fraction of sp³-hybridized carbons (Fsp3) is 0.400. The van der Waals surface area contributed by atoms with Crippen LogP contribution in [-0.4, -0.2) is 29.9 Å². The molecule has 0 aromatic heterocycles. The van der Waals surface area contributed by atoms with Gasteiger partial charge in [0.2, 0.25) is 5.91 Å². The molecular weight excluding hydrogens is 281 g/mol. The topological polar surface area (TPSA) is 46.3 Å². The third-order valence-electron chi connectivity index (χ3n) is 3.54. The lowest BCUT2D eigenvalue weighted by molar-refractivity contribution is -0.137. The molecule has 2 rings (SSSR count). The number of nitrogens with zero attached hydrogens (tertiary/aromatic N) is 1. The lowest BCUT2D eigenvalue weighted by Gasteiger charge is -2.14. The second-order valence-corrected chi connectivity index (χ2v) is 5.24. The molecule has 0 radical (unpaired) electrons. The molecule has 1 amide bonds. The van der Waals surface area contributed by atoms with Gasteiger partial charge in [0.1, 0.15) is 0 Å². The van der Waals surface area contributed by atoms with Crippen LogP contribution in [0.25, 0.3) is 5.57 Å². The van der Waals surface area contributed by atoms with Crippen LogP contribution >= 0.6 is 0 Å². The highest BCUT2D eigenvalue weighted by molar-refractivity contribution is 5.95. The molecule has 1 saturated heterocycles. The van der Waals surface area contributed by atoms with Crippen LogP contribution in [0.3, 0.4) is 0 Å². The molecule has 2 N–H and O–H groups in total. The Morgan fingerprint density at radius 1 is 1.33 bits per heavy atom. The van der Waals surface area contributed by atoms with Gasteiger partial charge in [-0.15, -0.1) is 0 Å². The summed E-state index contributed by atoms with van der Waals surface area (Å²) in [6, 6.07) is 4.79. The molecule has 3 nitrogen and oxygen atoms in total. The fourth-order valence-corrected chi connectivity index (χ4v) is 2.27. The lowest BCUT2D eigenvalue weighted by Crippen LogP contribution is -2.30. The van der Waals surface area contributed by atoms with E-state index in [-0.39, 0.29) is 11.9 Å². The number of carbonyl (C=O) groups is 1. The van der Waals surface area contributed by atoms with Gasteiger partial charge < -0.3 is 10.6 Å². The third kappa shape index (κ3) is 3.85. The molecule has 1 atom stereocenters. The molecule has 21 heavy (non-hydrogen) atoms. The first kappa shape index (κ1) is 15.6. The van der Waals surface area contributed by atoms with Gasteiger partial charge in [0.05, 0.1) is 5.56 Å². The number of amides is 1. The number of hydrogen-bond donors (Lipinski definition) is 1. The maximum absolute atomic E-state index is 12.5. The number of carbonyl (C=O) groups excluding carboxylic acids is 1. The van der Waals surface area contributed by atoms with Crippen LogP contribution in [0.5, 0.6) is 0 Å². The van der Waals surface area contributed by atoms with Gasteiger partial charge in [-0.05, 0) is 36.6 Å². The molecule has 1 aromatic carbocycles. The number of alkyl halides is 3. The monoisotopic (exact) mass is 298 g/mol. The first-order valence-electron chi connectivity index (χ1n) is 6.68. The van der Waals surface area contributed by atoms with Crippen LogP contribution in [0.4, 0.5) is 13.2 Å². The van der Waals surface area contributed by atoms with Crippen molar-refractivity contribution in [3.05, 3.63) is 41.5 Å². The maximum Gasteiger partial charge on any atom is 0.416 e. The van der Waals surface area contributed by atoms with E-state index in [1.54, 1.807) is 11.8 Å². The van der Waals surface area contributed by atoms with Gasteiger partial charge >= 0.3 is 6.18 Å². The van der Waals surface area contributed by atoms with Gasteiger partial charge in [0, 0.05) is 25.2 Å². The van der Waals surface area contributed by atoms with Crippen molar-refractivity contribution in [2.45, 2.75) is 25.6 Å². The lowest BCUT2D eigenvalue weighted by atomic mass is 10.0. The van der Waals surface area contributed by atoms with Gasteiger partial charge in [0.15, 0.2) is 0 Å². The van der Waals surface area contributed by atoms with Gasteiger partial charge in [-0.25, -0.2) is 0 Å². The number of rotatable bonds is 2. The molecule has 1 aliphatic rings. The first-order valence-corrected chi connectivity index (χ1v) is 6.68. The van der Waals surface area contributed by atoms with E-state index in [9.17, 15) is 18.0 Å². The zero-order valence-corrected chi connectivity index (χ0v) is 11.7. The van der Waals surface area contributed by atoms with E-state index in [1.165, 1.54) is 18.2 Å². The van der Waals surface area contributed by atoms with Crippen molar-refractivity contribution >= 4 is 11.5 Å². The van der Waals surface area contributed by atoms with Crippen LogP contribution in [0.1, 0.15) is 24.5 Å². The molecule has 1 fully saturated rings. The van der Waals surface area contributed by atoms with E-state index < -0.39 is 11.7 Å². The number of halogens is 3. The minimum absolute atomic E-state index is 0.00808. The standard InChI is InChI=1S/C15H17F3N2O/c1-10(8-14(21)20-7-6-13(19)9-20)11-2-4-12(5-3-11)15(16,17)18/h2-5,8,13H,6-7,9,19H2,1H3/b10-8-/t13-/m1/s1. The summed E-state index contributed by atoms with van der Waals surface area (Å²) < 4.78 is 37.5. The predicted octanol–water partition coefficient (Wildman–Crippen LogP) is 2.67. The Hall–Kier alpha value is -1.82. The van der Waals surface area contributed by atoms with Crippen LogP contribution in [0, 0.1) is 0 Å². The minimum Gasteiger partial charge on any atom is -0.338 e. The van der Waals surface area contributed by atoms with E-state index in [4.69, 9.17) is 5.73 Å². The van der Waals surface area contributed by atoms with Crippen molar-refractivity contribution in [2.24, 2.45) is 5.73 Å². The Labute approximate surface area is 121 Å². The van der Waals surface area contributed by atoms with Crippen LogP contribution in [-0.2, 0) is 11.0 Å². The number of allylic oxidation sites excluding steroid dienone is 1. The summed E-state index contributed by atoms with van der Waals surface area (Å²) in [5, 5.41) is 0. The Balaban J connectivity index is 2.10. The highest BCUT2D eigenvalue weighted by Crippen LogP contribution is 2.30. The van der Waals surface area contributed by atoms with Gasteiger partial charge in [-0.2, -0.15) is 13.2 Å². The Morgan fingerprint density at radius 2 is 1.95 bits per heavy atom. The Morgan fingerprint density at radius 3 is 2.43 bits per heavy atom. The Kier molecular flexibility index (Phi) is 4.37. The van der Waals surface area contributed by atoms with Gasteiger partial charge in [-0.3, -0.25) is 4.79 Å². The summed E-state index contributed by atoms with van der Waals surface area (Å²) in [6.45, 7) is 2.85. The molecule has 1 heterocycles. The first-order chi connectivity index (χ1) is 9.77. The van der Waals surface area contributed by atoms with E-state index in [0.717, 1.165) is 18.6 Å². The average Bonchev–Trinajstić information content (AvgIpc) is 2.84. The van der Waals surface area contributed by atoms with Crippen molar-refractivity contribution in [2.75, 3.05) is 13.1 Å². The zero-order valence-electron chi connectivity index (χ0n) is 11.7. The minimum atomic E-state index is -4.35. The van der Waals surface area contributed by atoms with Crippen LogP contribution in [0.15, 0.2) is 30.3 Å². The maximum atomic E-state index is 12.5. The van der Waals surface area contributed by atoms with Crippen molar-refractivity contribution in [1.29, 1.82) is 0 Å².